The van der Waals surface area contributed by atoms with Crippen molar-refractivity contribution in [3.8, 4) is 17.2 Å². The second-order valence-electron chi connectivity index (χ2n) is 8.81. The number of methoxy groups -OCH3 is 1. The van der Waals surface area contributed by atoms with E-state index in [4.69, 9.17) is 23.7 Å². The minimum Gasteiger partial charge on any atom is -0.490 e. The van der Waals surface area contributed by atoms with Gasteiger partial charge in [0, 0.05) is 15.7 Å². The number of allylic oxidation sites excluding steroid dienone is 1. The van der Waals surface area contributed by atoms with E-state index in [2.05, 4.69) is 53.0 Å². The van der Waals surface area contributed by atoms with E-state index in [-0.39, 0.29) is 25.4 Å². The summed E-state index contributed by atoms with van der Waals surface area (Å²) in [6.07, 6.45) is 0.201. The average Bonchev–Trinajstić information content (AvgIpc) is 2.95. The Morgan fingerprint density at radius 1 is 1.12 bits per heavy atom. The van der Waals surface area contributed by atoms with Crippen LogP contribution in [-0.2, 0) is 19.1 Å². The third-order valence-electron chi connectivity index (χ3n) is 5.78. The number of nitrogens with zero attached hydrogens (tertiary/aromatic N) is 1. The van der Waals surface area contributed by atoms with Crippen molar-refractivity contribution >= 4 is 56.0 Å². The standard InChI is InChI=1S/C28H32Br2N4O9/c1-5-40-21-10-16(25-24(27(37)39-4)15(3)32-28(38)33-25)7-8-20(21)42-13-22(35)34-31-12-17-9-18(29)11-19(30)26(17)43-14-23(36)41-6-2/h7-12,22,25,34-35H,5-6,13-14H2,1-4H3,(H2,32,33,38)/b31-12+/t22-,25-/m1/s1. The lowest BCUT2D eigenvalue weighted by Crippen LogP contribution is -2.45. The molecule has 13 nitrogen and oxygen atoms in total. The molecule has 2 aromatic carbocycles. The summed E-state index contributed by atoms with van der Waals surface area (Å²) in [5.41, 5.74) is 4.28. The molecule has 0 saturated heterocycles. The van der Waals surface area contributed by atoms with Crippen molar-refractivity contribution < 1.29 is 43.2 Å². The number of rotatable bonds is 14. The van der Waals surface area contributed by atoms with Gasteiger partial charge in [0.2, 0.25) is 0 Å². The maximum atomic E-state index is 12.4. The predicted molar refractivity (Wildman–Crippen MR) is 163 cm³/mol. The summed E-state index contributed by atoms with van der Waals surface area (Å²) >= 11 is 6.81. The van der Waals surface area contributed by atoms with Gasteiger partial charge in [-0.05, 0) is 66.5 Å². The Morgan fingerprint density at radius 2 is 1.88 bits per heavy atom. The normalized spacial score (nSPS) is 15.3. The molecular weight excluding hydrogens is 696 g/mol. The molecular formula is C28H32Br2N4O9. The van der Waals surface area contributed by atoms with Crippen LogP contribution in [-0.4, -0.2) is 69.1 Å². The number of nitrogens with one attached hydrogen (secondary N) is 3. The molecule has 0 saturated carbocycles. The number of aliphatic hydroxyl groups excluding tert-OH is 1. The smallest absolute Gasteiger partial charge is 0.344 e. The summed E-state index contributed by atoms with van der Waals surface area (Å²) in [6.45, 7) is 5.17. The van der Waals surface area contributed by atoms with Gasteiger partial charge in [-0.2, -0.15) is 5.10 Å². The zero-order chi connectivity index (χ0) is 31.5. The van der Waals surface area contributed by atoms with Crippen LogP contribution in [0.2, 0.25) is 0 Å². The number of urea groups is 1. The number of hydrogen-bond acceptors (Lipinski definition) is 11. The molecule has 1 aliphatic heterocycles. The van der Waals surface area contributed by atoms with E-state index in [1.54, 1.807) is 51.1 Å². The molecule has 1 aliphatic rings. The summed E-state index contributed by atoms with van der Waals surface area (Å²) in [6, 6.07) is 7.17. The summed E-state index contributed by atoms with van der Waals surface area (Å²) in [4.78, 5) is 36.3. The molecule has 0 spiro atoms. The molecule has 2 aromatic rings. The van der Waals surface area contributed by atoms with Gasteiger partial charge in [0.05, 0.1) is 42.6 Å². The third kappa shape index (κ3) is 9.33. The van der Waals surface area contributed by atoms with Gasteiger partial charge >= 0.3 is 18.0 Å². The van der Waals surface area contributed by atoms with Crippen LogP contribution < -0.4 is 30.3 Å². The van der Waals surface area contributed by atoms with Gasteiger partial charge in [-0.25, -0.2) is 14.4 Å². The Balaban J connectivity index is 1.70. The molecule has 0 bridgehead atoms. The molecule has 2 amide bonds. The molecule has 3 rings (SSSR count). The fourth-order valence-electron chi connectivity index (χ4n) is 3.98. The second kappa shape index (κ2) is 16.1. The highest BCUT2D eigenvalue weighted by atomic mass is 79.9. The molecule has 232 valence electrons. The summed E-state index contributed by atoms with van der Waals surface area (Å²) in [5.74, 6) is -0.0779. The highest BCUT2D eigenvalue weighted by Crippen LogP contribution is 2.35. The van der Waals surface area contributed by atoms with Crippen LogP contribution in [0.25, 0.3) is 0 Å². The fraction of sp³-hybridized carbons (Fsp3) is 0.357. The molecule has 43 heavy (non-hydrogen) atoms. The highest BCUT2D eigenvalue weighted by molar-refractivity contribution is 9.11. The number of carbonyl (C=O) groups excluding carboxylic acids is 3. The van der Waals surface area contributed by atoms with E-state index in [0.29, 0.717) is 45.2 Å². The Hall–Kier alpha value is -3.82. The monoisotopic (exact) mass is 726 g/mol. The quantitative estimate of drug-likeness (QED) is 0.0977. The van der Waals surface area contributed by atoms with Crippen LogP contribution in [0.3, 0.4) is 0 Å². The minimum absolute atomic E-state index is 0.207. The minimum atomic E-state index is -1.22. The van der Waals surface area contributed by atoms with Crippen LogP contribution in [0.15, 0.2) is 55.6 Å². The van der Waals surface area contributed by atoms with Crippen LogP contribution in [0, 0.1) is 0 Å². The van der Waals surface area contributed by atoms with Gasteiger partial charge in [-0.1, -0.05) is 22.0 Å². The van der Waals surface area contributed by atoms with E-state index in [9.17, 15) is 19.5 Å². The maximum Gasteiger partial charge on any atom is 0.344 e. The molecule has 15 heteroatoms. The number of esters is 2. The number of ether oxygens (including phenoxy) is 5. The first-order valence-electron chi connectivity index (χ1n) is 13.1. The van der Waals surface area contributed by atoms with E-state index in [1.807, 2.05) is 0 Å². The molecule has 0 fully saturated rings. The van der Waals surface area contributed by atoms with E-state index < -0.39 is 30.2 Å². The van der Waals surface area contributed by atoms with Crippen molar-refractivity contribution in [3.05, 3.63) is 61.7 Å². The summed E-state index contributed by atoms with van der Waals surface area (Å²) < 4.78 is 28.2. The first-order chi connectivity index (χ1) is 20.6. The Labute approximate surface area is 265 Å². The first-order valence-corrected chi connectivity index (χ1v) is 14.7. The largest absolute Gasteiger partial charge is 0.490 e. The third-order valence-corrected chi connectivity index (χ3v) is 6.82. The van der Waals surface area contributed by atoms with Gasteiger partial charge in [0.25, 0.3) is 0 Å². The van der Waals surface area contributed by atoms with Crippen molar-refractivity contribution in [1.82, 2.24) is 16.1 Å². The lowest BCUT2D eigenvalue weighted by molar-refractivity contribution is -0.145. The average molecular weight is 728 g/mol. The van der Waals surface area contributed by atoms with Crippen molar-refractivity contribution in [1.29, 1.82) is 0 Å². The molecule has 4 N–H and O–H groups in total. The van der Waals surface area contributed by atoms with E-state index >= 15 is 0 Å². The number of amides is 2. The SMILES string of the molecule is CCOC(=O)COc1c(Br)cc(Br)cc1/C=N/N[C@H](O)COc1ccc([C@H]2NC(=O)NC(C)=C2C(=O)OC)cc1OCC. The van der Waals surface area contributed by atoms with E-state index in [0.717, 1.165) is 4.47 Å². The zero-order valence-corrected chi connectivity index (χ0v) is 27.0. The summed E-state index contributed by atoms with van der Waals surface area (Å²) in [5, 5.41) is 19.8. The number of halogens is 2. The molecule has 1 heterocycles. The van der Waals surface area contributed by atoms with Crippen LogP contribution in [0.4, 0.5) is 4.79 Å². The van der Waals surface area contributed by atoms with E-state index in [1.165, 1.54) is 13.3 Å². The number of hydrogen-bond donors (Lipinski definition) is 4. The number of hydrazone groups is 1. The van der Waals surface area contributed by atoms with Crippen LogP contribution in [0.5, 0.6) is 17.2 Å². The van der Waals surface area contributed by atoms with Gasteiger partial charge in [-0.15, -0.1) is 0 Å². The first kappa shape index (κ1) is 33.7. The van der Waals surface area contributed by atoms with Gasteiger partial charge in [0.15, 0.2) is 24.3 Å². The molecule has 0 aliphatic carbocycles. The predicted octanol–water partition coefficient (Wildman–Crippen LogP) is 3.67. The molecule has 2 atom stereocenters. The Kier molecular flexibility index (Phi) is 12.6. The Bertz CT molecular complexity index is 1400. The lowest BCUT2D eigenvalue weighted by atomic mass is 9.95. The van der Waals surface area contributed by atoms with Crippen molar-refractivity contribution in [3.63, 3.8) is 0 Å². The van der Waals surface area contributed by atoms with Crippen LogP contribution in [0.1, 0.15) is 37.9 Å². The fourth-order valence-corrected chi connectivity index (χ4v) is 5.35. The van der Waals surface area contributed by atoms with Crippen molar-refractivity contribution in [2.24, 2.45) is 5.10 Å². The second-order valence-corrected chi connectivity index (χ2v) is 10.6. The van der Waals surface area contributed by atoms with Gasteiger partial charge in [-0.3, -0.25) is 5.43 Å². The number of benzene rings is 2. The van der Waals surface area contributed by atoms with Gasteiger partial charge in [0.1, 0.15) is 12.4 Å². The molecule has 0 aromatic heterocycles. The van der Waals surface area contributed by atoms with Gasteiger partial charge < -0.3 is 39.4 Å². The topological polar surface area (TPSA) is 166 Å². The molecule has 0 unspecified atom stereocenters. The van der Waals surface area contributed by atoms with Crippen LogP contribution >= 0.6 is 31.9 Å². The number of aliphatic hydroxyl groups is 1. The highest BCUT2D eigenvalue weighted by Gasteiger charge is 2.32. The number of carbonyl (C=O) groups is 3. The van der Waals surface area contributed by atoms with Crippen molar-refractivity contribution in [2.45, 2.75) is 33.0 Å². The summed E-state index contributed by atoms with van der Waals surface area (Å²) in [7, 11) is 1.26. The zero-order valence-electron chi connectivity index (χ0n) is 23.9. The lowest BCUT2D eigenvalue weighted by Gasteiger charge is -2.28. The maximum absolute atomic E-state index is 12.4. The Morgan fingerprint density at radius 3 is 2.58 bits per heavy atom. The molecule has 0 radical (unpaired) electrons. The van der Waals surface area contributed by atoms with Crippen molar-refractivity contribution in [2.75, 3.05) is 33.5 Å².